The van der Waals surface area contributed by atoms with Gasteiger partial charge in [0.2, 0.25) is 0 Å². The highest BCUT2D eigenvalue weighted by molar-refractivity contribution is 5.97. The lowest BCUT2D eigenvalue weighted by Gasteiger charge is -2.23. The molecule has 1 atom stereocenters. The van der Waals surface area contributed by atoms with E-state index in [2.05, 4.69) is 5.32 Å². The van der Waals surface area contributed by atoms with Gasteiger partial charge in [-0.25, -0.2) is 0 Å². The van der Waals surface area contributed by atoms with Crippen molar-refractivity contribution >= 4 is 16.9 Å². The zero-order valence-corrected chi connectivity index (χ0v) is 15.0. The van der Waals surface area contributed by atoms with E-state index in [1.807, 2.05) is 42.5 Å². The second-order valence-corrected chi connectivity index (χ2v) is 6.65. The summed E-state index contributed by atoms with van der Waals surface area (Å²) in [5, 5.41) is 14.1. The number of amides is 1. The Kier molecular flexibility index (Phi) is 5.28. The van der Waals surface area contributed by atoms with Crippen molar-refractivity contribution in [3.8, 4) is 5.75 Å². The molecule has 26 heavy (non-hydrogen) atoms. The number of ether oxygens (including phenoxy) is 1. The maximum Gasteiger partial charge on any atom is 0.287 e. The van der Waals surface area contributed by atoms with Crippen molar-refractivity contribution in [1.29, 1.82) is 0 Å². The minimum absolute atomic E-state index is 0.146. The predicted octanol–water partition coefficient (Wildman–Crippen LogP) is 3.56. The molecule has 1 unspecified atom stereocenters. The minimum atomic E-state index is -1.00. The number of para-hydroxylation sites is 1. The molecular formula is C21H23NO4. The Hall–Kier alpha value is -2.79. The summed E-state index contributed by atoms with van der Waals surface area (Å²) in [7, 11) is 1.56. The summed E-state index contributed by atoms with van der Waals surface area (Å²) in [5.41, 5.74) is 0.689. The highest BCUT2D eigenvalue weighted by atomic mass is 16.5. The fourth-order valence-corrected chi connectivity index (χ4v) is 2.81. The van der Waals surface area contributed by atoms with Gasteiger partial charge in [-0.3, -0.25) is 4.79 Å². The van der Waals surface area contributed by atoms with Gasteiger partial charge in [-0.15, -0.1) is 0 Å². The number of fused-ring (bicyclic) bond motifs is 1. The zero-order chi connectivity index (χ0) is 18.6. The van der Waals surface area contributed by atoms with Gasteiger partial charge in [-0.2, -0.15) is 0 Å². The molecule has 0 aliphatic heterocycles. The predicted molar refractivity (Wildman–Crippen MR) is 100 cm³/mol. The van der Waals surface area contributed by atoms with Crippen LogP contribution in [0.1, 0.15) is 29.5 Å². The van der Waals surface area contributed by atoms with E-state index in [1.165, 1.54) is 0 Å². The average molecular weight is 353 g/mol. The fraction of sp³-hybridized carbons (Fsp3) is 0.286. The summed E-state index contributed by atoms with van der Waals surface area (Å²) >= 11 is 0. The van der Waals surface area contributed by atoms with E-state index in [0.29, 0.717) is 17.8 Å². The molecule has 2 aromatic carbocycles. The van der Waals surface area contributed by atoms with Crippen molar-refractivity contribution in [3.05, 3.63) is 65.9 Å². The second-order valence-electron chi connectivity index (χ2n) is 6.65. The van der Waals surface area contributed by atoms with Crippen LogP contribution in [0, 0.1) is 0 Å². The van der Waals surface area contributed by atoms with Crippen molar-refractivity contribution in [2.24, 2.45) is 0 Å². The Morgan fingerprint density at radius 2 is 1.96 bits per heavy atom. The molecule has 0 saturated carbocycles. The number of rotatable bonds is 7. The van der Waals surface area contributed by atoms with Gasteiger partial charge in [0.1, 0.15) is 0 Å². The van der Waals surface area contributed by atoms with Crippen LogP contribution < -0.4 is 10.1 Å². The first-order chi connectivity index (χ1) is 12.5. The quantitative estimate of drug-likeness (QED) is 0.681. The molecular weight excluding hydrogens is 330 g/mol. The first-order valence-electron chi connectivity index (χ1n) is 8.59. The third kappa shape index (κ3) is 4.24. The molecule has 0 spiro atoms. The van der Waals surface area contributed by atoms with E-state index in [-0.39, 0.29) is 18.2 Å². The summed E-state index contributed by atoms with van der Waals surface area (Å²) in [5.74, 6) is 0.419. The molecule has 0 fully saturated rings. The number of carbonyl (C=O) groups is 1. The van der Waals surface area contributed by atoms with Crippen LogP contribution in [0.2, 0.25) is 0 Å². The molecule has 1 amide bonds. The van der Waals surface area contributed by atoms with Crippen LogP contribution in [0.25, 0.3) is 11.0 Å². The van der Waals surface area contributed by atoms with Crippen molar-refractivity contribution < 1.29 is 19.1 Å². The van der Waals surface area contributed by atoms with Crippen LogP contribution in [0.15, 0.2) is 59.0 Å². The van der Waals surface area contributed by atoms with Crippen molar-refractivity contribution in [2.75, 3.05) is 13.7 Å². The summed E-state index contributed by atoms with van der Waals surface area (Å²) < 4.78 is 10.9. The Bertz CT molecular complexity index is 883. The van der Waals surface area contributed by atoms with E-state index in [1.54, 1.807) is 26.2 Å². The molecule has 0 aliphatic carbocycles. The Labute approximate surface area is 152 Å². The molecule has 1 heterocycles. The van der Waals surface area contributed by atoms with E-state index >= 15 is 0 Å². The third-order valence-corrected chi connectivity index (χ3v) is 4.38. The van der Waals surface area contributed by atoms with Gasteiger partial charge in [0.15, 0.2) is 17.1 Å². The van der Waals surface area contributed by atoms with Crippen molar-refractivity contribution in [2.45, 2.75) is 25.4 Å². The van der Waals surface area contributed by atoms with Crippen molar-refractivity contribution in [1.82, 2.24) is 5.32 Å². The normalized spacial score (nSPS) is 13.3. The molecule has 0 aliphatic rings. The van der Waals surface area contributed by atoms with E-state index in [9.17, 15) is 9.90 Å². The Morgan fingerprint density at radius 3 is 2.69 bits per heavy atom. The topological polar surface area (TPSA) is 71.7 Å². The molecule has 1 aromatic heterocycles. The van der Waals surface area contributed by atoms with Gasteiger partial charge in [0.25, 0.3) is 5.91 Å². The molecule has 0 bridgehead atoms. The molecule has 136 valence electrons. The SMILES string of the molecule is COc1cccc2cc(C(=O)NCC(C)(O)CCc3ccccc3)oc12. The van der Waals surface area contributed by atoms with Crippen LogP contribution in [-0.2, 0) is 6.42 Å². The molecule has 3 aromatic rings. The van der Waals surface area contributed by atoms with Gasteiger partial charge in [-0.05, 0) is 37.5 Å². The van der Waals surface area contributed by atoms with Gasteiger partial charge in [0.05, 0.1) is 12.7 Å². The maximum atomic E-state index is 12.4. The van der Waals surface area contributed by atoms with Gasteiger partial charge < -0.3 is 19.6 Å². The molecule has 2 N–H and O–H groups in total. The number of methoxy groups -OCH3 is 1. The second kappa shape index (κ2) is 7.62. The molecule has 5 heteroatoms. The lowest BCUT2D eigenvalue weighted by atomic mass is 9.97. The van der Waals surface area contributed by atoms with E-state index in [4.69, 9.17) is 9.15 Å². The highest BCUT2D eigenvalue weighted by Gasteiger charge is 2.23. The fourth-order valence-electron chi connectivity index (χ4n) is 2.81. The molecule has 0 radical (unpaired) electrons. The van der Waals surface area contributed by atoms with Gasteiger partial charge in [-0.1, -0.05) is 42.5 Å². The van der Waals surface area contributed by atoms with E-state index in [0.717, 1.165) is 17.4 Å². The summed E-state index contributed by atoms with van der Waals surface area (Å²) in [6.45, 7) is 1.87. The Morgan fingerprint density at radius 1 is 1.19 bits per heavy atom. The van der Waals surface area contributed by atoms with Crippen LogP contribution in [0.5, 0.6) is 5.75 Å². The number of aliphatic hydroxyl groups is 1. The Balaban J connectivity index is 1.61. The van der Waals surface area contributed by atoms with Crippen LogP contribution in [-0.4, -0.2) is 30.3 Å². The first kappa shape index (κ1) is 18.0. The van der Waals surface area contributed by atoms with Gasteiger partial charge >= 0.3 is 0 Å². The highest BCUT2D eigenvalue weighted by Crippen LogP contribution is 2.28. The maximum absolute atomic E-state index is 12.4. The number of hydrogen-bond acceptors (Lipinski definition) is 4. The molecule has 5 nitrogen and oxygen atoms in total. The van der Waals surface area contributed by atoms with Crippen LogP contribution in [0.3, 0.4) is 0 Å². The van der Waals surface area contributed by atoms with Gasteiger partial charge in [0, 0.05) is 11.9 Å². The third-order valence-electron chi connectivity index (χ3n) is 4.38. The number of hydrogen-bond donors (Lipinski definition) is 2. The lowest BCUT2D eigenvalue weighted by Crippen LogP contribution is -2.40. The number of aryl methyl sites for hydroxylation is 1. The number of furan rings is 1. The van der Waals surface area contributed by atoms with Crippen LogP contribution in [0.4, 0.5) is 0 Å². The smallest absolute Gasteiger partial charge is 0.287 e. The van der Waals surface area contributed by atoms with Crippen LogP contribution >= 0.6 is 0 Å². The molecule has 3 rings (SSSR count). The summed E-state index contributed by atoms with van der Waals surface area (Å²) in [6.07, 6.45) is 1.29. The largest absolute Gasteiger partial charge is 0.493 e. The average Bonchev–Trinajstić information content (AvgIpc) is 3.10. The zero-order valence-electron chi connectivity index (χ0n) is 15.0. The lowest BCUT2D eigenvalue weighted by molar-refractivity contribution is 0.0472. The standard InChI is InChI=1S/C21H23NO4/c1-21(24,12-11-15-7-4-3-5-8-15)14-22-20(23)18-13-16-9-6-10-17(25-2)19(16)26-18/h3-10,13,24H,11-12,14H2,1-2H3,(H,22,23). The molecule has 0 saturated heterocycles. The summed E-state index contributed by atoms with van der Waals surface area (Å²) in [6, 6.07) is 17.1. The number of carbonyl (C=O) groups excluding carboxylic acids is 1. The summed E-state index contributed by atoms with van der Waals surface area (Å²) in [4.78, 5) is 12.4. The number of benzene rings is 2. The van der Waals surface area contributed by atoms with Crippen molar-refractivity contribution in [3.63, 3.8) is 0 Å². The first-order valence-corrected chi connectivity index (χ1v) is 8.59. The monoisotopic (exact) mass is 353 g/mol. The van der Waals surface area contributed by atoms with E-state index < -0.39 is 5.60 Å². The number of nitrogens with one attached hydrogen (secondary N) is 1. The minimum Gasteiger partial charge on any atom is -0.493 e.